The Morgan fingerprint density at radius 1 is 1.14 bits per heavy atom. The Kier molecular flexibility index (Phi) is 8.25. The van der Waals surface area contributed by atoms with Crippen LogP contribution in [0.15, 0.2) is 0 Å². The van der Waals surface area contributed by atoms with Gasteiger partial charge in [-0.05, 0) is 56.0 Å². The summed E-state index contributed by atoms with van der Waals surface area (Å²) in [7, 11) is -2.83. The zero-order valence-electron chi connectivity index (χ0n) is 14.4. The molecule has 126 valence electrons. The van der Waals surface area contributed by atoms with Gasteiger partial charge in [-0.3, -0.25) is 0 Å². The van der Waals surface area contributed by atoms with E-state index in [0.29, 0.717) is 23.5 Å². The van der Waals surface area contributed by atoms with Crippen molar-refractivity contribution < 1.29 is 8.42 Å². The Morgan fingerprint density at radius 2 is 1.86 bits per heavy atom. The predicted octanol–water partition coefficient (Wildman–Crippen LogP) is 3.50. The summed E-state index contributed by atoms with van der Waals surface area (Å²) < 4.78 is 23.0. The van der Waals surface area contributed by atoms with E-state index in [4.69, 9.17) is 0 Å². The van der Waals surface area contributed by atoms with E-state index in [1.807, 2.05) is 0 Å². The number of hydrogen-bond donors (Lipinski definition) is 1. The zero-order valence-corrected chi connectivity index (χ0v) is 15.2. The van der Waals surface area contributed by atoms with Crippen LogP contribution < -0.4 is 5.32 Å². The predicted molar refractivity (Wildman–Crippen MR) is 91.3 cm³/mol. The quantitative estimate of drug-likeness (QED) is 0.708. The highest BCUT2D eigenvalue weighted by atomic mass is 32.2. The Labute approximate surface area is 132 Å². The van der Waals surface area contributed by atoms with Gasteiger partial charge in [-0.15, -0.1) is 0 Å². The minimum Gasteiger partial charge on any atom is -0.316 e. The highest BCUT2D eigenvalue weighted by Gasteiger charge is 2.30. The molecular weight excluding hydrogens is 282 g/mol. The Bertz CT molecular complexity index is 378. The van der Waals surface area contributed by atoms with E-state index in [1.165, 1.54) is 38.4 Å². The van der Waals surface area contributed by atoms with Gasteiger partial charge in [0.25, 0.3) is 0 Å². The molecule has 21 heavy (non-hydrogen) atoms. The van der Waals surface area contributed by atoms with Gasteiger partial charge in [0.1, 0.15) is 9.84 Å². The van der Waals surface area contributed by atoms with Gasteiger partial charge in [0.05, 0.1) is 5.75 Å². The van der Waals surface area contributed by atoms with Crippen LogP contribution in [0.25, 0.3) is 0 Å². The van der Waals surface area contributed by atoms with Crippen molar-refractivity contribution in [2.75, 3.05) is 25.1 Å². The Hall–Kier alpha value is -0.0900. The normalized spacial score (nSPS) is 27.2. The molecule has 0 heterocycles. The molecule has 0 bridgehead atoms. The van der Waals surface area contributed by atoms with Crippen LogP contribution in [0.1, 0.15) is 59.3 Å². The van der Waals surface area contributed by atoms with E-state index < -0.39 is 9.84 Å². The van der Waals surface area contributed by atoms with Crippen molar-refractivity contribution in [3.63, 3.8) is 0 Å². The van der Waals surface area contributed by atoms with Crippen molar-refractivity contribution >= 4 is 9.84 Å². The Balaban J connectivity index is 2.52. The van der Waals surface area contributed by atoms with E-state index in [1.54, 1.807) is 0 Å². The molecule has 1 fully saturated rings. The van der Waals surface area contributed by atoms with E-state index in [9.17, 15) is 8.42 Å². The fraction of sp³-hybridized carbons (Fsp3) is 1.00. The van der Waals surface area contributed by atoms with Gasteiger partial charge in [-0.1, -0.05) is 40.0 Å². The lowest BCUT2D eigenvalue weighted by Gasteiger charge is -2.36. The second-order valence-corrected chi connectivity index (χ2v) is 9.72. The molecule has 0 aromatic rings. The first-order valence-corrected chi connectivity index (χ1v) is 10.8. The molecule has 3 nitrogen and oxygen atoms in total. The fourth-order valence-corrected chi connectivity index (χ4v) is 4.37. The van der Waals surface area contributed by atoms with Crippen LogP contribution in [0.5, 0.6) is 0 Å². The summed E-state index contributed by atoms with van der Waals surface area (Å²) in [6.45, 7) is 8.83. The second-order valence-electron chi connectivity index (χ2n) is 7.46. The van der Waals surface area contributed by atoms with Crippen molar-refractivity contribution in [1.82, 2.24) is 5.32 Å². The Morgan fingerprint density at radius 3 is 2.43 bits per heavy atom. The molecule has 3 atom stereocenters. The average Bonchev–Trinajstić information content (AvgIpc) is 2.37. The molecule has 1 rings (SSSR count). The van der Waals surface area contributed by atoms with Crippen LogP contribution in [-0.2, 0) is 9.84 Å². The van der Waals surface area contributed by atoms with Crippen LogP contribution in [0, 0.1) is 23.7 Å². The summed E-state index contributed by atoms with van der Waals surface area (Å²) in [5.74, 6) is 3.11. The van der Waals surface area contributed by atoms with Gasteiger partial charge in [-0.2, -0.15) is 0 Å². The lowest BCUT2D eigenvalue weighted by molar-refractivity contribution is 0.164. The van der Waals surface area contributed by atoms with Crippen LogP contribution >= 0.6 is 0 Å². The fourth-order valence-electron chi connectivity index (χ4n) is 3.64. The summed E-state index contributed by atoms with van der Waals surface area (Å²) in [6, 6.07) is 0. The summed E-state index contributed by atoms with van der Waals surface area (Å²) in [4.78, 5) is 0. The van der Waals surface area contributed by atoms with E-state index in [2.05, 4.69) is 26.1 Å². The van der Waals surface area contributed by atoms with Gasteiger partial charge >= 0.3 is 0 Å². The molecule has 1 saturated carbocycles. The molecule has 3 unspecified atom stereocenters. The minimum atomic E-state index is -2.83. The van der Waals surface area contributed by atoms with Crippen LogP contribution in [0.4, 0.5) is 0 Å². The number of rotatable bonds is 9. The summed E-state index contributed by atoms with van der Waals surface area (Å²) in [6.07, 6.45) is 8.61. The molecule has 0 spiro atoms. The first kappa shape index (κ1) is 19.0. The highest BCUT2D eigenvalue weighted by molar-refractivity contribution is 7.90. The van der Waals surface area contributed by atoms with Crippen LogP contribution in [-0.4, -0.2) is 33.5 Å². The SMILES string of the molecule is CCCC1CCC(CNCC(C)C)C(CCS(C)(=O)=O)C1. The van der Waals surface area contributed by atoms with Crippen molar-refractivity contribution in [3.05, 3.63) is 0 Å². The third-order valence-electron chi connectivity index (χ3n) is 4.76. The average molecular weight is 318 g/mol. The third-order valence-corrected chi connectivity index (χ3v) is 5.74. The van der Waals surface area contributed by atoms with Gasteiger partial charge in [0, 0.05) is 6.26 Å². The van der Waals surface area contributed by atoms with Gasteiger partial charge in [0.2, 0.25) is 0 Å². The molecule has 0 aromatic heterocycles. The molecule has 1 aliphatic carbocycles. The number of sulfone groups is 1. The molecule has 4 heteroatoms. The standard InChI is InChI=1S/C17H35NO2S/c1-5-6-15-7-8-17(13-18-12-14(2)3)16(11-15)9-10-21(4,19)20/h14-18H,5-13H2,1-4H3. The smallest absolute Gasteiger partial charge is 0.147 e. The monoisotopic (exact) mass is 317 g/mol. The van der Waals surface area contributed by atoms with Crippen molar-refractivity contribution in [2.24, 2.45) is 23.7 Å². The van der Waals surface area contributed by atoms with Gasteiger partial charge < -0.3 is 5.32 Å². The molecule has 1 N–H and O–H groups in total. The zero-order chi connectivity index (χ0) is 15.9. The van der Waals surface area contributed by atoms with Gasteiger partial charge in [-0.25, -0.2) is 8.42 Å². The maximum atomic E-state index is 11.5. The largest absolute Gasteiger partial charge is 0.316 e. The molecule has 0 aliphatic heterocycles. The number of hydrogen-bond acceptors (Lipinski definition) is 3. The van der Waals surface area contributed by atoms with Crippen LogP contribution in [0.2, 0.25) is 0 Å². The summed E-state index contributed by atoms with van der Waals surface area (Å²) >= 11 is 0. The first-order chi connectivity index (χ1) is 9.81. The lowest BCUT2D eigenvalue weighted by Crippen LogP contribution is -2.35. The molecular formula is C17H35NO2S. The molecule has 0 saturated heterocycles. The molecule has 0 aromatic carbocycles. The van der Waals surface area contributed by atoms with Crippen molar-refractivity contribution in [3.8, 4) is 0 Å². The topological polar surface area (TPSA) is 46.2 Å². The molecule has 0 radical (unpaired) electrons. The molecule has 0 amide bonds. The molecule has 1 aliphatic rings. The highest BCUT2D eigenvalue weighted by Crippen LogP contribution is 2.37. The van der Waals surface area contributed by atoms with Crippen molar-refractivity contribution in [2.45, 2.75) is 59.3 Å². The summed E-state index contributed by atoms with van der Waals surface area (Å²) in [5, 5.41) is 3.58. The minimum absolute atomic E-state index is 0.358. The van der Waals surface area contributed by atoms with E-state index in [0.717, 1.165) is 25.4 Å². The van der Waals surface area contributed by atoms with E-state index in [-0.39, 0.29) is 0 Å². The third kappa shape index (κ3) is 8.20. The van der Waals surface area contributed by atoms with E-state index >= 15 is 0 Å². The maximum Gasteiger partial charge on any atom is 0.147 e. The maximum absolute atomic E-state index is 11.5. The van der Waals surface area contributed by atoms with Gasteiger partial charge in [0.15, 0.2) is 0 Å². The second kappa shape index (κ2) is 9.14. The number of nitrogens with one attached hydrogen (secondary N) is 1. The first-order valence-electron chi connectivity index (χ1n) is 8.70. The summed E-state index contributed by atoms with van der Waals surface area (Å²) in [5.41, 5.74) is 0. The van der Waals surface area contributed by atoms with Crippen LogP contribution in [0.3, 0.4) is 0 Å². The lowest BCUT2D eigenvalue weighted by atomic mass is 9.71. The van der Waals surface area contributed by atoms with Crippen molar-refractivity contribution in [1.29, 1.82) is 0 Å².